The minimum Gasteiger partial charge on any atom is -0.358 e. The molecule has 0 saturated carbocycles. The minimum atomic E-state index is 1.07. The number of aromatic nitrogens is 1. The molecule has 18 heavy (non-hydrogen) atoms. The number of nitrogens with zero attached hydrogens (tertiary/aromatic N) is 1. The van der Waals surface area contributed by atoms with Gasteiger partial charge in [0.1, 0.15) is 0 Å². The Morgan fingerprint density at radius 3 is 3.06 bits per heavy atom. The van der Waals surface area contributed by atoms with Crippen LogP contribution in [-0.2, 0) is 13.0 Å². The second kappa shape index (κ2) is 3.59. The van der Waals surface area contributed by atoms with Gasteiger partial charge in [-0.2, -0.15) is 0 Å². The highest BCUT2D eigenvalue weighted by molar-refractivity contribution is 7.17. The highest BCUT2D eigenvalue weighted by Crippen LogP contribution is 2.37. The van der Waals surface area contributed by atoms with Crippen LogP contribution in [0.4, 0.5) is 0 Å². The fourth-order valence-electron chi connectivity index (χ4n) is 3.13. The topological polar surface area (TPSA) is 19.0 Å². The van der Waals surface area contributed by atoms with Crippen LogP contribution in [0.15, 0.2) is 17.5 Å². The molecule has 1 aromatic carbocycles. The molecule has 0 amide bonds. The number of likely N-dealkylation sites (N-methyl/N-ethyl adjacent to an activating group) is 1. The predicted octanol–water partition coefficient (Wildman–Crippen LogP) is 3.68. The molecule has 1 aliphatic heterocycles. The van der Waals surface area contributed by atoms with Crippen LogP contribution in [-0.4, -0.2) is 23.5 Å². The molecular formula is C15H16N2S. The maximum atomic E-state index is 3.62. The van der Waals surface area contributed by atoms with E-state index < -0.39 is 0 Å². The molecule has 0 atom stereocenters. The number of benzene rings is 1. The Hall–Kier alpha value is -1.32. The van der Waals surface area contributed by atoms with Crippen molar-refractivity contribution in [3.63, 3.8) is 0 Å². The molecule has 0 saturated heterocycles. The minimum absolute atomic E-state index is 1.07. The average Bonchev–Trinajstić information content (AvgIpc) is 2.90. The van der Waals surface area contributed by atoms with Crippen LogP contribution < -0.4 is 0 Å². The van der Waals surface area contributed by atoms with E-state index in [1.165, 1.54) is 37.8 Å². The van der Waals surface area contributed by atoms with E-state index in [1.807, 2.05) is 11.3 Å². The highest BCUT2D eigenvalue weighted by atomic mass is 32.1. The van der Waals surface area contributed by atoms with Crippen LogP contribution in [0.5, 0.6) is 0 Å². The van der Waals surface area contributed by atoms with Crippen molar-refractivity contribution in [3.05, 3.63) is 34.3 Å². The van der Waals surface area contributed by atoms with Gasteiger partial charge in [0, 0.05) is 46.2 Å². The molecule has 0 bridgehead atoms. The van der Waals surface area contributed by atoms with Crippen molar-refractivity contribution < 1.29 is 0 Å². The summed E-state index contributed by atoms with van der Waals surface area (Å²) in [6.07, 6.45) is 1.14. The van der Waals surface area contributed by atoms with Crippen LogP contribution in [0.1, 0.15) is 16.8 Å². The lowest BCUT2D eigenvalue weighted by Crippen LogP contribution is -2.26. The third kappa shape index (κ3) is 1.32. The first kappa shape index (κ1) is 10.6. The van der Waals surface area contributed by atoms with Crippen molar-refractivity contribution in [3.8, 4) is 0 Å². The fourth-order valence-corrected chi connectivity index (χ4v) is 4.08. The van der Waals surface area contributed by atoms with E-state index in [0.717, 1.165) is 19.5 Å². The van der Waals surface area contributed by atoms with Crippen molar-refractivity contribution in [1.82, 2.24) is 9.88 Å². The second-order valence-electron chi connectivity index (χ2n) is 5.35. The first-order valence-electron chi connectivity index (χ1n) is 6.43. The Morgan fingerprint density at radius 2 is 2.17 bits per heavy atom. The molecule has 4 rings (SSSR count). The van der Waals surface area contributed by atoms with Gasteiger partial charge in [0.15, 0.2) is 0 Å². The molecular weight excluding hydrogens is 240 g/mol. The second-order valence-corrected chi connectivity index (χ2v) is 6.26. The lowest BCUT2D eigenvalue weighted by molar-refractivity contribution is 0.313. The number of hydrogen-bond acceptors (Lipinski definition) is 2. The van der Waals surface area contributed by atoms with Gasteiger partial charge in [-0.3, -0.25) is 0 Å². The lowest BCUT2D eigenvalue weighted by Gasteiger charge is -2.22. The maximum Gasteiger partial charge on any atom is 0.0466 e. The van der Waals surface area contributed by atoms with Crippen LogP contribution in [0.3, 0.4) is 0 Å². The number of aryl methyl sites for hydroxylation is 1. The summed E-state index contributed by atoms with van der Waals surface area (Å²) < 4.78 is 1.41. The normalized spacial score (nSPS) is 16.6. The summed E-state index contributed by atoms with van der Waals surface area (Å²) >= 11 is 1.86. The molecule has 3 heteroatoms. The monoisotopic (exact) mass is 256 g/mol. The molecule has 2 aromatic heterocycles. The molecule has 0 aliphatic carbocycles. The van der Waals surface area contributed by atoms with Crippen LogP contribution in [0, 0.1) is 6.92 Å². The third-order valence-corrected chi connectivity index (χ3v) is 5.11. The van der Waals surface area contributed by atoms with Gasteiger partial charge in [0.05, 0.1) is 0 Å². The third-order valence-electron chi connectivity index (χ3n) is 4.05. The van der Waals surface area contributed by atoms with E-state index in [0.29, 0.717) is 0 Å². The Labute approximate surface area is 110 Å². The molecule has 1 aliphatic rings. The van der Waals surface area contributed by atoms with Gasteiger partial charge in [-0.1, -0.05) is 0 Å². The van der Waals surface area contributed by atoms with E-state index in [2.05, 4.69) is 41.4 Å². The number of fused-ring (bicyclic) bond motifs is 5. The van der Waals surface area contributed by atoms with Gasteiger partial charge in [0.25, 0.3) is 0 Å². The highest BCUT2D eigenvalue weighted by Gasteiger charge is 2.20. The largest absolute Gasteiger partial charge is 0.358 e. The van der Waals surface area contributed by atoms with Crippen molar-refractivity contribution in [2.75, 3.05) is 13.6 Å². The molecule has 1 N–H and O–H groups in total. The first-order valence-corrected chi connectivity index (χ1v) is 7.31. The Balaban J connectivity index is 2.16. The Morgan fingerprint density at radius 1 is 1.28 bits per heavy atom. The zero-order chi connectivity index (χ0) is 12.3. The Bertz CT molecular complexity index is 751. The summed E-state index contributed by atoms with van der Waals surface area (Å²) in [6.45, 7) is 4.46. The number of H-pyrrole nitrogens is 1. The van der Waals surface area contributed by atoms with Crippen molar-refractivity contribution in [2.24, 2.45) is 0 Å². The number of nitrogens with one attached hydrogen (secondary N) is 1. The molecule has 3 aromatic rings. The van der Waals surface area contributed by atoms with Crippen molar-refractivity contribution in [2.45, 2.75) is 19.9 Å². The van der Waals surface area contributed by atoms with Crippen LogP contribution >= 0.6 is 11.3 Å². The van der Waals surface area contributed by atoms with E-state index >= 15 is 0 Å². The summed E-state index contributed by atoms with van der Waals surface area (Å²) in [7, 11) is 2.21. The van der Waals surface area contributed by atoms with Crippen LogP contribution in [0.2, 0.25) is 0 Å². The molecule has 3 heterocycles. The van der Waals surface area contributed by atoms with E-state index in [-0.39, 0.29) is 0 Å². The Kier molecular flexibility index (Phi) is 2.11. The van der Waals surface area contributed by atoms with Crippen molar-refractivity contribution >= 4 is 32.3 Å². The molecule has 0 fully saturated rings. The van der Waals surface area contributed by atoms with Crippen molar-refractivity contribution in [1.29, 1.82) is 0 Å². The smallest absolute Gasteiger partial charge is 0.0466 e. The average molecular weight is 256 g/mol. The maximum absolute atomic E-state index is 3.62. The molecule has 0 unspecified atom stereocenters. The standard InChI is InChI=1S/C15H16N2S/c1-9-8-18-13-4-3-12-15(14(9)13)10-7-17(2)6-5-11(10)16-12/h3-4,8,16H,5-7H2,1-2H3. The number of hydrogen-bond donors (Lipinski definition) is 1. The summed E-state index contributed by atoms with van der Waals surface area (Å²) in [6, 6.07) is 4.49. The molecule has 92 valence electrons. The summed E-state index contributed by atoms with van der Waals surface area (Å²) in [5, 5.41) is 5.20. The predicted molar refractivity (Wildman–Crippen MR) is 78.5 cm³/mol. The zero-order valence-electron chi connectivity index (χ0n) is 10.7. The fraction of sp³-hybridized carbons (Fsp3) is 0.333. The van der Waals surface area contributed by atoms with Gasteiger partial charge in [-0.25, -0.2) is 0 Å². The van der Waals surface area contributed by atoms with Crippen LogP contribution in [0.25, 0.3) is 21.0 Å². The van der Waals surface area contributed by atoms with Gasteiger partial charge < -0.3 is 9.88 Å². The van der Waals surface area contributed by atoms with Gasteiger partial charge in [-0.05, 0) is 42.6 Å². The molecule has 2 nitrogen and oxygen atoms in total. The molecule has 0 spiro atoms. The molecule has 0 radical (unpaired) electrons. The van der Waals surface area contributed by atoms with E-state index in [4.69, 9.17) is 0 Å². The quantitative estimate of drug-likeness (QED) is 0.650. The summed E-state index contributed by atoms with van der Waals surface area (Å²) in [5.41, 5.74) is 5.69. The lowest BCUT2D eigenvalue weighted by atomic mass is 10.0. The van der Waals surface area contributed by atoms with Gasteiger partial charge >= 0.3 is 0 Å². The van der Waals surface area contributed by atoms with Gasteiger partial charge in [-0.15, -0.1) is 11.3 Å². The number of rotatable bonds is 0. The number of thiophene rings is 1. The zero-order valence-corrected chi connectivity index (χ0v) is 11.5. The first-order chi connectivity index (χ1) is 8.74. The van der Waals surface area contributed by atoms with Gasteiger partial charge in [0.2, 0.25) is 0 Å². The summed E-state index contributed by atoms with van der Waals surface area (Å²) in [4.78, 5) is 6.04. The number of aromatic amines is 1. The SMILES string of the molecule is Cc1csc2ccc3[nH]c4c(c3c12)CN(C)CC4. The van der Waals surface area contributed by atoms with E-state index in [9.17, 15) is 0 Å². The van der Waals surface area contributed by atoms with E-state index in [1.54, 1.807) is 0 Å². The summed E-state index contributed by atoms with van der Waals surface area (Å²) in [5.74, 6) is 0.